The summed E-state index contributed by atoms with van der Waals surface area (Å²) in [5.74, 6) is -1.82. The van der Waals surface area contributed by atoms with Crippen molar-refractivity contribution < 1.29 is 23.5 Å². The molecule has 4 rings (SSSR count). The lowest BCUT2D eigenvalue weighted by atomic mass is 9.96. The standard InChI is InChI=1S/C20H14BrClFN3O4/c21-11-3-6-14(13(23)7-11)24-16(27)8-26-15-9-30-19(28)17(15)18(25-20(26)29)10-1-4-12(22)5-2-10/h1-7,18H,8-9H2,(H,24,27)(H,25,29)/t18-/m1/s1. The second-order valence-electron chi connectivity index (χ2n) is 6.63. The molecule has 2 aromatic rings. The molecule has 154 valence electrons. The first-order valence-electron chi connectivity index (χ1n) is 8.82. The summed E-state index contributed by atoms with van der Waals surface area (Å²) in [4.78, 5) is 38.6. The van der Waals surface area contributed by atoms with E-state index in [1.165, 1.54) is 12.1 Å². The van der Waals surface area contributed by atoms with E-state index in [0.29, 0.717) is 20.8 Å². The lowest BCUT2D eigenvalue weighted by Crippen LogP contribution is -2.49. The Bertz CT molecular complexity index is 1090. The summed E-state index contributed by atoms with van der Waals surface area (Å²) >= 11 is 9.05. The SMILES string of the molecule is O=C(CN1C(=O)N[C@H](c2ccc(Cl)cc2)C2=C1COC2=O)Nc1ccc(Br)cc1F. The Kier molecular flexibility index (Phi) is 5.48. The summed E-state index contributed by atoms with van der Waals surface area (Å²) in [7, 11) is 0. The number of esters is 1. The van der Waals surface area contributed by atoms with E-state index in [1.807, 2.05) is 0 Å². The van der Waals surface area contributed by atoms with E-state index in [-0.39, 0.29) is 17.9 Å². The Morgan fingerprint density at radius 2 is 2.00 bits per heavy atom. The second kappa shape index (κ2) is 8.08. The zero-order chi connectivity index (χ0) is 21.4. The fourth-order valence-corrected chi connectivity index (χ4v) is 3.77. The summed E-state index contributed by atoms with van der Waals surface area (Å²) in [5.41, 5.74) is 1.18. The molecule has 10 heteroatoms. The topological polar surface area (TPSA) is 87.7 Å². The highest BCUT2D eigenvalue weighted by atomic mass is 79.9. The quantitative estimate of drug-likeness (QED) is 0.634. The molecule has 2 aliphatic rings. The van der Waals surface area contributed by atoms with Gasteiger partial charge in [-0.05, 0) is 35.9 Å². The molecule has 1 atom stereocenters. The fourth-order valence-electron chi connectivity index (χ4n) is 3.31. The van der Waals surface area contributed by atoms with Gasteiger partial charge in [0.25, 0.3) is 0 Å². The minimum Gasteiger partial charge on any atom is -0.456 e. The van der Waals surface area contributed by atoms with Crippen LogP contribution in [0.2, 0.25) is 5.02 Å². The van der Waals surface area contributed by atoms with Crippen LogP contribution in [0.15, 0.2) is 58.2 Å². The van der Waals surface area contributed by atoms with Crippen LogP contribution in [0.1, 0.15) is 11.6 Å². The van der Waals surface area contributed by atoms with Crippen LogP contribution in [0.25, 0.3) is 0 Å². The van der Waals surface area contributed by atoms with Gasteiger partial charge in [-0.25, -0.2) is 14.0 Å². The Morgan fingerprint density at radius 1 is 1.27 bits per heavy atom. The van der Waals surface area contributed by atoms with E-state index in [0.717, 1.165) is 4.90 Å². The summed E-state index contributed by atoms with van der Waals surface area (Å²) < 4.78 is 19.6. The molecule has 2 aliphatic heterocycles. The largest absolute Gasteiger partial charge is 0.456 e. The van der Waals surface area contributed by atoms with Gasteiger partial charge in [-0.15, -0.1) is 0 Å². The number of anilines is 1. The van der Waals surface area contributed by atoms with Crippen LogP contribution in [0.5, 0.6) is 0 Å². The maximum atomic E-state index is 14.0. The lowest BCUT2D eigenvalue weighted by molar-refractivity contribution is -0.136. The Labute approximate surface area is 184 Å². The zero-order valence-electron chi connectivity index (χ0n) is 15.2. The highest BCUT2D eigenvalue weighted by Crippen LogP contribution is 2.35. The molecule has 2 heterocycles. The maximum Gasteiger partial charge on any atom is 0.338 e. The number of carbonyl (C=O) groups excluding carboxylic acids is 3. The monoisotopic (exact) mass is 493 g/mol. The molecule has 0 aliphatic carbocycles. The van der Waals surface area contributed by atoms with Crippen molar-refractivity contribution in [3.8, 4) is 0 Å². The summed E-state index contributed by atoms with van der Waals surface area (Å²) in [6, 6.07) is 9.59. The van der Waals surface area contributed by atoms with Crippen molar-refractivity contribution in [2.45, 2.75) is 6.04 Å². The van der Waals surface area contributed by atoms with Crippen molar-refractivity contribution in [3.05, 3.63) is 74.6 Å². The molecular weight excluding hydrogens is 481 g/mol. The molecule has 0 aromatic heterocycles. The van der Waals surface area contributed by atoms with Gasteiger partial charge >= 0.3 is 12.0 Å². The number of rotatable bonds is 4. The van der Waals surface area contributed by atoms with Gasteiger partial charge in [0.2, 0.25) is 5.91 Å². The highest BCUT2D eigenvalue weighted by Gasteiger charge is 2.42. The molecule has 0 radical (unpaired) electrons. The van der Waals surface area contributed by atoms with Crippen LogP contribution in [0.4, 0.5) is 14.9 Å². The number of cyclic esters (lactones) is 1. The number of nitrogens with one attached hydrogen (secondary N) is 2. The van der Waals surface area contributed by atoms with Crippen LogP contribution >= 0.6 is 27.5 Å². The number of hydrogen-bond donors (Lipinski definition) is 2. The van der Waals surface area contributed by atoms with Crippen LogP contribution in [0, 0.1) is 5.82 Å². The number of benzene rings is 2. The first-order valence-corrected chi connectivity index (χ1v) is 9.99. The lowest BCUT2D eigenvalue weighted by Gasteiger charge is -2.32. The van der Waals surface area contributed by atoms with Gasteiger partial charge in [0.15, 0.2) is 0 Å². The average molecular weight is 495 g/mol. The van der Waals surface area contributed by atoms with Crippen LogP contribution in [0.3, 0.4) is 0 Å². The van der Waals surface area contributed by atoms with Crippen molar-refractivity contribution in [2.24, 2.45) is 0 Å². The van der Waals surface area contributed by atoms with Gasteiger partial charge in [-0.1, -0.05) is 39.7 Å². The normalized spacial score (nSPS) is 18.1. The van der Waals surface area contributed by atoms with Crippen molar-refractivity contribution in [1.82, 2.24) is 10.2 Å². The van der Waals surface area contributed by atoms with Crippen LogP contribution < -0.4 is 10.6 Å². The van der Waals surface area contributed by atoms with Gasteiger partial charge < -0.3 is 15.4 Å². The smallest absolute Gasteiger partial charge is 0.338 e. The Balaban J connectivity index is 1.59. The minimum absolute atomic E-state index is 0.0207. The van der Waals surface area contributed by atoms with E-state index in [4.69, 9.17) is 16.3 Å². The molecule has 30 heavy (non-hydrogen) atoms. The third-order valence-electron chi connectivity index (χ3n) is 4.71. The van der Waals surface area contributed by atoms with E-state index in [1.54, 1.807) is 30.3 Å². The molecule has 2 N–H and O–H groups in total. The van der Waals surface area contributed by atoms with Crippen molar-refractivity contribution in [2.75, 3.05) is 18.5 Å². The van der Waals surface area contributed by atoms with Gasteiger partial charge in [0, 0.05) is 9.50 Å². The van der Waals surface area contributed by atoms with Crippen LogP contribution in [-0.2, 0) is 14.3 Å². The number of hydrogen-bond acceptors (Lipinski definition) is 4. The van der Waals surface area contributed by atoms with E-state index >= 15 is 0 Å². The average Bonchev–Trinajstić information content (AvgIpc) is 3.08. The predicted molar refractivity (Wildman–Crippen MR) is 110 cm³/mol. The van der Waals surface area contributed by atoms with Gasteiger partial charge in [-0.3, -0.25) is 9.69 Å². The van der Waals surface area contributed by atoms with Crippen molar-refractivity contribution >= 4 is 51.1 Å². The van der Waals surface area contributed by atoms with Gasteiger partial charge in [0.05, 0.1) is 23.0 Å². The number of ether oxygens (including phenoxy) is 1. The molecule has 0 fully saturated rings. The maximum absolute atomic E-state index is 14.0. The van der Waals surface area contributed by atoms with Crippen molar-refractivity contribution in [1.29, 1.82) is 0 Å². The fraction of sp³-hybridized carbons (Fsp3) is 0.150. The van der Waals surface area contributed by atoms with Crippen LogP contribution in [-0.4, -0.2) is 36.0 Å². The number of halogens is 3. The Morgan fingerprint density at radius 3 is 2.70 bits per heavy atom. The van der Waals surface area contributed by atoms with Gasteiger partial charge in [-0.2, -0.15) is 0 Å². The van der Waals surface area contributed by atoms with Crippen molar-refractivity contribution in [3.63, 3.8) is 0 Å². The molecule has 0 saturated carbocycles. The highest BCUT2D eigenvalue weighted by molar-refractivity contribution is 9.10. The third-order valence-corrected chi connectivity index (χ3v) is 5.45. The van der Waals surface area contributed by atoms with E-state index in [2.05, 4.69) is 26.6 Å². The van der Waals surface area contributed by atoms with E-state index in [9.17, 15) is 18.8 Å². The molecule has 7 nitrogen and oxygen atoms in total. The molecule has 2 aromatic carbocycles. The zero-order valence-corrected chi connectivity index (χ0v) is 17.6. The molecule has 0 spiro atoms. The number of urea groups is 1. The summed E-state index contributed by atoms with van der Waals surface area (Å²) in [6.07, 6.45) is 0. The number of carbonyl (C=O) groups is 3. The third kappa shape index (κ3) is 3.90. The predicted octanol–water partition coefficient (Wildman–Crippen LogP) is 3.76. The second-order valence-corrected chi connectivity index (χ2v) is 7.98. The van der Waals surface area contributed by atoms with Gasteiger partial charge in [0.1, 0.15) is 19.0 Å². The summed E-state index contributed by atoms with van der Waals surface area (Å²) in [6.45, 7) is -0.546. The molecule has 3 amide bonds. The minimum atomic E-state index is -0.719. The first kappa shape index (κ1) is 20.4. The van der Waals surface area contributed by atoms with E-state index < -0.39 is 36.3 Å². The molecular formula is C20H14BrClFN3O4. The molecule has 0 bridgehead atoms. The number of amides is 3. The Hall–Kier alpha value is -2.91. The molecule has 0 saturated heterocycles. The first-order chi connectivity index (χ1) is 14.3. The number of nitrogens with zero attached hydrogens (tertiary/aromatic N) is 1. The summed E-state index contributed by atoms with van der Waals surface area (Å²) in [5, 5.41) is 5.66. The molecule has 0 unspecified atom stereocenters.